The molecule has 0 aromatic heterocycles. The average Bonchev–Trinajstić information content (AvgIpc) is 2.73. The number of nitrogens with two attached hydrogens (primary N) is 1. The molecular formula is C22H19N3O2S. The summed E-state index contributed by atoms with van der Waals surface area (Å²) in [7, 11) is 0. The molecule has 5 nitrogen and oxygen atoms in total. The minimum Gasteiger partial charge on any atom is -0.423 e. The van der Waals surface area contributed by atoms with Gasteiger partial charge in [-0.1, -0.05) is 54.6 Å². The first-order valence-electron chi connectivity index (χ1n) is 8.61. The van der Waals surface area contributed by atoms with Gasteiger partial charge in [0.2, 0.25) is 0 Å². The molecule has 3 N–H and O–H groups in total. The van der Waals surface area contributed by atoms with E-state index in [4.69, 9.17) is 22.7 Å². The van der Waals surface area contributed by atoms with Gasteiger partial charge in [-0.25, -0.2) is 4.79 Å². The summed E-state index contributed by atoms with van der Waals surface area (Å²) in [5.74, 6) is 0.124. The molecule has 0 unspecified atom stereocenters. The van der Waals surface area contributed by atoms with Crippen molar-refractivity contribution in [2.45, 2.75) is 6.92 Å². The van der Waals surface area contributed by atoms with Crippen LogP contribution in [0.25, 0.3) is 11.1 Å². The Bertz CT molecular complexity index is 998. The second kappa shape index (κ2) is 8.92. The van der Waals surface area contributed by atoms with Gasteiger partial charge in [0.05, 0.1) is 11.3 Å². The predicted molar refractivity (Wildman–Crippen MR) is 115 cm³/mol. The molecule has 0 saturated heterocycles. The van der Waals surface area contributed by atoms with Crippen molar-refractivity contribution in [2.24, 2.45) is 10.8 Å². The molecular weight excluding hydrogens is 370 g/mol. The lowest BCUT2D eigenvalue weighted by Crippen LogP contribution is -2.25. The highest BCUT2D eigenvalue weighted by molar-refractivity contribution is 7.80. The topological polar surface area (TPSA) is 76.7 Å². The summed E-state index contributed by atoms with van der Waals surface area (Å²) in [6, 6.07) is 24.2. The zero-order valence-corrected chi connectivity index (χ0v) is 16.1. The molecule has 3 aromatic rings. The minimum atomic E-state index is -0.377. The number of ether oxygens (including phenoxy) is 1. The number of rotatable bonds is 5. The van der Waals surface area contributed by atoms with Crippen molar-refractivity contribution in [3.8, 4) is 16.9 Å². The van der Waals surface area contributed by atoms with Crippen molar-refractivity contribution in [1.29, 1.82) is 0 Å². The van der Waals surface area contributed by atoms with E-state index in [1.807, 2.05) is 49.4 Å². The Morgan fingerprint density at radius 3 is 2.04 bits per heavy atom. The third-order valence-corrected chi connectivity index (χ3v) is 4.14. The summed E-state index contributed by atoms with van der Waals surface area (Å²) in [5.41, 5.74) is 12.3. The maximum absolute atomic E-state index is 12.1. The molecule has 0 aliphatic rings. The van der Waals surface area contributed by atoms with Crippen molar-refractivity contribution in [3.63, 3.8) is 0 Å². The molecule has 6 heteroatoms. The first-order valence-corrected chi connectivity index (χ1v) is 9.01. The van der Waals surface area contributed by atoms with Crippen LogP contribution in [0.5, 0.6) is 5.75 Å². The number of esters is 1. The van der Waals surface area contributed by atoms with Crippen LogP contribution in [0.4, 0.5) is 0 Å². The Kier molecular flexibility index (Phi) is 6.14. The monoisotopic (exact) mass is 389 g/mol. The number of carbonyl (C=O) groups excluding carboxylic acids is 1. The summed E-state index contributed by atoms with van der Waals surface area (Å²) in [6.45, 7) is 1.87. The number of hydrogen-bond acceptors (Lipinski definition) is 4. The van der Waals surface area contributed by atoms with Crippen LogP contribution >= 0.6 is 12.2 Å². The number of nitrogens with one attached hydrogen (secondary N) is 1. The molecule has 0 spiro atoms. The average molecular weight is 389 g/mol. The number of hydrogen-bond donors (Lipinski definition) is 2. The van der Waals surface area contributed by atoms with Crippen molar-refractivity contribution >= 4 is 29.0 Å². The van der Waals surface area contributed by atoms with Gasteiger partial charge in [0, 0.05) is 0 Å². The largest absolute Gasteiger partial charge is 0.423 e. The van der Waals surface area contributed by atoms with Crippen molar-refractivity contribution in [1.82, 2.24) is 5.43 Å². The smallest absolute Gasteiger partial charge is 0.343 e. The third-order valence-electron chi connectivity index (χ3n) is 4.04. The minimum absolute atomic E-state index is 0.129. The van der Waals surface area contributed by atoms with Gasteiger partial charge in [0.25, 0.3) is 0 Å². The lowest BCUT2D eigenvalue weighted by atomic mass is 10.0. The molecule has 0 radical (unpaired) electrons. The zero-order valence-electron chi connectivity index (χ0n) is 15.3. The van der Waals surface area contributed by atoms with Gasteiger partial charge in [-0.3, -0.25) is 5.43 Å². The maximum atomic E-state index is 12.1. The summed E-state index contributed by atoms with van der Waals surface area (Å²) in [5, 5.41) is 4.24. The van der Waals surface area contributed by atoms with E-state index in [-0.39, 0.29) is 11.1 Å². The van der Waals surface area contributed by atoms with Crippen LogP contribution in [-0.4, -0.2) is 16.8 Å². The van der Waals surface area contributed by atoms with E-state index in [0.29, 0.717) is 11.3 Å². The second-order valence-corrected chi connectivity index (χ2v) is 6.47. The molecule has 0 saturated carbocycles. The molecule has 0 aliphatic heterocycles. The molecule has 28 heavy (non-hydrogen) atoms. The quantitative estimate of drug-likeness (QED) is 0.226. The molecule has 3 aromatic carbocycles. The highest BCUT2D eigenvalue weighted by Gasteiger charge is 2.08. The summed E-state index contributed by atoms with van der Waals surface area (Å²) >= 11 is 4.74. The molecule has 3 rings (SSSR count). The standard InChI is InChI=1S/C22H19N3O2S/c1-15(24-25-22(23)28)16-7-9-17(10-8-16)18-11-13-20(14-12-18)27-21(26)19-5-3-2-4-6-19/h2-14H,1H3,(H3,23,25,28)/b24-15+. The fraction of sp³-hybridized carbons (Fsp3) is 0.0455. The van der Waals surface area contributed by atoms with Crippen LogP contribution < -0.4 is 15.9 Å². The Hall–Kier alpha value is -3.51. The molecule has 0 heterocycles. The normalized spacial score (nSPS) is 11.0. The van der Waals surface area contributed by atoms with Gasteiger partial charge in [-0.05, 0) is 60.1 Å². The molecule has 0 bridgehead atoms. The molecule has 0 amide bonds. The molecule has 0 atom stereocenters. The van der Waals surface area contributed by atoms with Gasteiger partial charge >= 0.3 is 5.97 Å². The SMILES string of the molecule is C/C(=N\NC(N)=S)c1ccc(-c2ccc(OC(=O)c3ccccc3)cc2)cc1. The van der Waals surface area contributed by atoms with Gasteiger partial charge in [-0.15, -0.1) is 0 Å². The van der Waals surface area contributed by atoms with Gasteiger partial charge in [-0.2, -0.15) is 5.10 Å². The number of thiocarbonyl (C=S) groups is 1. The zero-order chi connectivity index (χ0) is 19.9. The lowest BCUT2D eigenvalue weighted by molar-refractivity contribution is 0.0735. The maximum Gasteiger partial charge on any atom is 0.343 e. The highest BCUT2D eigenvalue weighted by Crippen LogP contribution is 2.23. The van der Waals surface area contributed by atoms with Crippen LogP contribution in [0, 0.1) is 0 Å². The van der Waals surface area contributed by atoms with Crippen LogP contribution in [0.1, 0.15) is 22.8 Å². The molecule has 0 aliphatic carbocycles. The predicted octanol–water partition coefficient (Wildman–Crippen LogP) is 4.13. The fourth-order valence-corrected chi connectivity index (χ4v) is 2.61. The van der Waals surface area contributed by atoms with Crippen molar-refractivity contribution in [2.75, 3.05) is 0 Å². The first-order chi connectivity index (χ1) is 13.5. The van der Waals surface area contributed by atoms with E-state index in [1.54, 1.807) is 36.4 Å². The van der Waals surface area contributed by atoms with Crippen LogP contribution in [0.15, 0.2) is 84.0 Å². The van der Waals surface area contributed by atoms with E-state index >= 15 is 0 Å². The Balaban J connectivity index is 1.69. The summed E-state index contributed by atoms with van der Waals surface area (Å²) in [4.78, 5) is 12.1. The van der Waals surface area contributed by atoms with E-state index in [1.165, 1.54) is 0 Å². The van der Waals surface area contributed by atoms with Crippen molar-refractivity contribution in [3.05, 3.63) is 90.0 Å². The number of hydrazone groups is 1. The highest BCUT2D eigenvalue weighted by atomic mass is 32.1. The van der Waals surface area contributed by atoms with Gasteiger partial charge in [0.15, 0.2) is 5.11 Å². The van der Waals surface area contributed by atoms with Crippen molar-refractivity contribution < 1.29 is 9.53 Å². The summed E-state index contributed by atoms with van der Waals surface area (Å²) in [6.07, 6.45) is 0. The second-order valence-electron chi connectivity index (χ2n) is 6.03. The molecule has 140 valence electrons. The van der Waals surface area contributed by atoms with E-state index < -0.39 is 0 Å². The van der Waals surface area contributed by atoms with Crippen LogP contribution in [-0.2, 0) is 0 Å². The van der Waals surface area contributed by atoms with E-state index in [9.17, 15) is 4.79 Å². The molecule has 0 fully saturated rings. The van der Waals surface area contributed by atoms with E-state index in [0.717, 1.165) is 22.4 Å². The summed E-state index contributed by atoms with van der Waals surface area (Å²) < 4.78 is 5.41. The van der Waals surface area contributed by atoms with Gasteiger partial charge < -0.3 is 10.5 Å². The van der Waals surface area contributed by atoms with Gasteiger partial charge in [0.1, 0.15) is 5.75 Å². The van der Waals surface area contributed by atoms with Crippen LogP contribution in [0.3, 0.4) is 0 Å². The first kappa shape index (κ1) is 19.3. The number of benzene rings is 3. The lowest BCUT2D eigenvalue weighted by Gasteiger charge is -2.07. The van der Waals surface area contributed by atoms with E-state index in [2.05, 4.69) is 10.5 Å². The van der Waals surface area contributed by atoms with Crippen LogP contribution in [0.2, 0.25) is 0 Å². The Morgan fingerprint density at radius 1 is 0.893 bits per heavy atom. The third kappa shape index (κ3) is 5.02. The Morgan fingerprint density at radius 2 is 1.46 bits per heavy atom. The number of carbonyl (C=O) groups is 1. The number of nitrogens with zero attached hydrogens (tertiary/aromatic N) is 1. The Labute approximate surface area is 168 Å². The fourth-order valence-electron chi connectivity index (χ4n) is 2.56.